The SMILES string of the molecule is O=C(CNCC1CC1)N(CCO)CC(F)(F)F. The predicted molar refractivity (Wildman–Crippen MR) is 55.3 cm³/mol. The third kappa shape index (κ3) is 6.48. The van der Waals surface area contributed by atoms with Gasteiger partial charge in [0.05, 0.1) is 13.2 Å². The molecule has 2 N–H and O–H groups in total. The minimum Gasteiger partial charge on any atom is -0.395 e. The Morgan fingerprint density at radius 1 is 1.41 bits per heavy atom. The molecule has 0 saturated heterocycles. The third-order valence-electron chi connectivity index (χ3n) is 2.50. The number of hydrogen-bond donors (Lipinski definition) is 2. The molecule has 0 spiro atoms. The molecule has 0 radical (unpaired) electrons. The van der Waals surface area contributed by atoms with Crippen LogP contribution in [0.15, 0.2) is 0 Å². The van der Waals surface area contributed by atoms with Crippen LogP contribution in [0, 0.1) is 5.92 Å². The Kier molecular flexibility index (Phi) is 5.20. The van der Waals surface area contributed by atoms with Gasteiger partial charge in [-0.05, 0) is 25.3 Å². The molecule has 0 atom stereocenters. The number of nitrogens with zero attached hydrogens (tertiary/aromatic N) is 1. The smallest absolute Gasteiger partial charge is 0.395 e. The van der Waals surface area contributed by atoms with Gasteiger partial charge in [-0.3, -0.25) is 4.79 Å². The Balaban J connectivity index is 2.30. The minimum atomic E-state index is -4.43. The molecule has 0 aliphatic heterocycles. The van der Waals surface area contributed by atoms with Crippen LogP contribution in [0.1, 0.15) is 12.8 Å². The molecule has 1 aliphatic rings. The van der Waals surface area contributed by atoms with Crippen molar-refractivity contribution in [3.05, 3.63) is 0 Å². The van der Waals surface area contributed by atoms with Crippen molar-refractivity contribution in [1.82, 2.24) is 10.2 Å². The number of aliphatic hydroxyl groups excluding tert-OH is 1. The first-order valence-electron chi connectivity index (χ1n) is 5.58. The summed E-state index contributed by atoms with van der Waals surface area (Å²) in [6, 6.07) is 0. The lowest BCUT2D eigenvalue weighted by Crippen LogP contribution is -2.44. The van der Waals surface area contributed by atoms with Crippen molar-refractivity contribution in [3.8, 4) is 0 Å². The van der Waals surface area contributed by atoms with E-state index in [1.807, 2.05) is 0 Å². The standard InChI is InChI=1S/C10H17F3N2O2/c11-10(12,13)7-15(3-4-16)9(17)6-14-5-8-1-2-8/h8,14,16H,1-7H2. The topological polar surface area (TPSA) is 52.6 Å². The van der Waals surface area contributed by atoms with Gasteiger partial charge >= 0.3 is 6.18 Å². The molecule has 4 nitrogen and oxygen atoms in total. The molecule has 1 fully saturated rings. The van der Waals surface area contributed by atoms with Crippen LogP contribution in [0.5, 0.6) is 0 Å². The average molecular weight is 254 g/mol. The summed E-state index contributed by atoms with van der Waals surface area (Å²) >= 11 is 0. The van der Waals surface area contributed by atoms with Gasteiger partial charge in [-0.25, -0.2) is 0 Å². The van der Waals surface area contributed by atoms with Crippen LogP contribution in [0.2, 0.25) is 0 Å². The lowest BCUT2D eigenvalue weighted by Gasteiger charge is -2.23. The molecule has 0 heterocycles. The Morgan fingerprint density at radius 3 is 2.53 bits per heavy atom. The van der Waals surface area contributed by atoms with Crippen molar-refractivity contribution in [2.75, 3.05) is 32.8 Å². The molecule has 0 unspecified atom stereocenters. The van der Waals surface area contributed by atoms with E-state index in [9.17, 15) is 18.0 Å². The summed E-state index contributed by atoms with van der Waals surface area (Å²) in [5.41, 5.74) is 0. The van der Waals surface area contributed by atoms with Gasteiger partial charge in [0.15, 0.2) is 0 Å². The van der Waals surface area contributed by atoms with Gasteiger partial charge in [0.2, 0.25) is 5.91 Å². The molecule has 0 bridgehead atoms. The summed E-state index contributed by atoms with van der Waals surface area (Å²) in [6.45, 7) is -1.50. The highest BCUT2D eigenvalue weighted by molar-refractivity contribution is 5.78. The largest absolute Gasteiger partial charge is 0.406 e. The van der Waals surface area contributed by atoms with E-state index in [4.69, 9.17) is 5.11 Å². The normalized spacial score (nSPS) is 16.0. The van der Waals surface area contributed by atoms with E-state index >= 15 is 0 Å². The number of nitrogens with one attached hydrogen (secondary N) is 1. The minimum absolute atomic E-state index is 0.105. The summed E-state index contributed by atoms with van der Waals surface area (Å²) in [6.07, 6.45) is -2.20. The molecule has 1 amide bonds. The average Bonchev–Trinajstić information content (AvgIpc) is 2.99. The summed E-state index contributed by atoms with van der Waals surface area (Å²) in [4.78, 5) is 12.1. The summed E-state index contributed by atoms with van der Waals surface area (Å²) in [5, 5.41) is 11.5. The molecular weight excluding hydrogens is 237 g/mol. The van der Waals surface area contributed by atoms with Gasteiger partial charge in [0.25, 0.3) is 0 Å². The monoisotopic (exact) mass is 254 g/mol. The molecule has 1 saturated carbocycles. The maximum atomic E-state index is 12.2. The number of carbonyl (C=O) groups is 1. The van der Waals surface area contributed by atoms with Crippen LogP contribution in [0.4, 0.5) is 13.2 Å². The van der Waals surface area contributed by atoms with Crippen molar-refractivity contribution in [2.24, 2.45) is 5.92 Å². The molecule has 7 heteroatoms. The maximum absolute atomic E-state index is 12.2. The first kappa shape index (κ1) is 14.2. The van der Waals surface area contributed by atoms with E-state index in [2.05, 4.69) is 5.32 Å². The zero-order chi connectivity index (χ0) is 12.9. The first-order valence-corrected chi connectivity index (χ1v) is 5.58. The zero-order valence-corrected chi connectivity index (χ0v) is 9.46. The van der Waals surface area contributed by atoms with Crippen LogP contribution in [-0.2, 0) is 4.79 Å². The van der Waals surface area contributed by atoms with Gasteiger partial charge in [-0.15, -0.1) is 0 Å². The fourth-order valence-electron chi connectivity index (χ4n) is 1.45. The lowest BCUT2D eigenvalue weighted by atomic mass is 10.4. The van der Waals surface area contributed by atoms with Gasteiger partial charge in [-0.2, -0.15) is 13.2 Å². The molecule has 100 valence electrons. The molecule has 17 heavy (non-hydrogen) atoms. The van der Waals surface area contributed by atoms with Gasteiger partial charge in [-0.1, -0.05) is 0 Å². The van der Waals surface area contributed by atoms with Crippen LogP contribution < -0.4 is 5.32 Å². The van der Waals surface area contributed by atoms with E-state index in [-0.39, 0.29) is 13.1 Å². The number of aliphatic hydroxyl groups is 1. The van der Waals surface area contributed by atoms with Crippen LogP contribution in [0.25, 0.3) is 0 Å². The van der Waals surface area contributed by atoms with Crippen LogP contribution in [0.3, 0.4) is 0 Å². The Labute approximate surface area is 97.8 Å². The van der Waals surface area contributed by atoms with E-state index < -0.39 is 25.2 Å². The Bertz CT molecular complexity index is 254. The Morgan fingerprint density at radius 2 is 2.06 bits per heavy atom. The van der Waals surface area contributed by atoms with Crippen LogP contribution in [-0.4, -0.2) is 54.9 Å². The summed E-state index contributed by atoms with van der Waals surface area (Å²) < 4.78 is 36.5. The fraction of sp³-hybridized carbons (Fsp3) is 0.900. The molecule has 0 aromatic heterocycles. The number of carbonyl (C=O) groups excluding carboxylic acids is 1. The highest BCUT2D eigenvalue weighted by Gasteiger charge is 2.32. The molecule has 0 aromatic rings. The number of alkyl halides is 3. The van der Waals surface area contributed by atoms with E-state index in [0.717, 1.165) is 12.8 Å². The summed E-state index contributed by atoms with van der Waals surface area (Å²) in [7, 11) is 0. The number of amides is 1. The summed E-state index contributed by atoms with van der Waals surface area (Å²) in [5.74, 6) is -0.0614. The highest BCUT2D eigenvalue weighted by Crippen LogP contribution is 2.27. The van der Waals surface area contributed by atoms with Crippen molar-refractivity contribution >= 4 is 5.91 Å². The lowest BCUT2D eigenvalue weighted by molar-refractivity contribution is -0.161. The molecular formula is C10H17F3N2O2. The van der Waals surface area contributed by atoms with Crippen molar-refractivity contribution in [1.29, 1.82) is 0 Å². The highest BCUT2D eigenvalue weighted by atomic mass is 19.4. The van der Waals surface area contributed by atoms with E-state index in [1.165, 1.54) is 0 Å². The second kappa shape index (κ2) is 6.20. The number of hydrogen-bond acceptors (Lipinski definition) is 3. The fourth-order valence-corrected chi connectivity index (χ4v) is 1.45. The first-order chi connectivity index (χ1) is 7.92. The quantitative estimate of drug-likeness (QED) is 0.690. The van der Waals surface area contributed by atoms with Crippen molar-refractivity contribution in [3.63, 3.8) is 0 Å². The van der Waals surface area contributed by atoms with Gasteiger partial charge in [0.1, 0.15) is 6.54 Å². The molecule has 1 rings (SSSR count). The second-order valence-electron chi connectivity index (χ2n) is 4.23. The Hall–Kier alpha value is -0.820. The predicted octanol–water partition coefficient (Wildman–Crippen LogP) is 0.369. The second-order valence-corrected chi connectivity index (χ2v) is 4.23. The number of rotatable bonds is 7. The van der Waals surface area contributed by atoms with Gasteiger partial charge < -0.3 is 15.3 Å². The molecule has 1 aliphatic carbocycles. The maximum Gasteiger partial charge on any atom is 0.406 e. The van der Waals surface area contributed by atoms with Crippen molar-refractivity contribution in [2.45, 2.75) is 19.0 Å². The van der Waals surface area contributed by atoms with E-state index in [0.29, 0.717) is 17.4 Å². The van der Waals surface area contributed by atoms with Crippen molar-refractivity contribution < 1.29 is 23.1 Å². The zero-order valence-electron chi connectivity index (χ0n) is 9.46. The molecule has 0 aromatic carbocycles. The third-order valence-corrected chi connectivity index (χ3v) is 2.50. The van der Waals surface area contributed by atoms with Crippen LogP contribution >= 0.6 is 0 Å². The number of halogens is 3. The van der Waals surface area contributed by atoms with Gasteiger partial charge in [0, 0.05) is 6.54 Å². The van der Waals surface area contributed by atoms with E-state index in [1.54, 1.807) is 0 Å².